The van der Waals surface area contributed by atoms with Gasteiger partial charge in [0.15, 0.2) is 0 Å². The highest BCUT2D eigenvalue weighted by atomic mass is 16.5. The fraction of sp³-hybridized carbons (Fsp3) is 0.667. The molecule has 1 aromatic rings. The normalized spacial score (nSPS) is 27.9. The Morgan fingerprint density at radius 2 is 1.96 bits per heavy atom. The van der Waals surface area contributed by atoms with Gasteiger partial charge in [0.2, 0.25) is 5.91 Å². The molecule has 5 heteroatoms. The molecule has 2 fully saturated rings. The van der Waals surface area contributed by atoms with Crippen LogP contribution in [0.2, 0.25) is 0 Å². The van der Waals surface area contributed by atoms with E-state index in [1.807, 2.05) is 31.2 Å². The van der Waals surface area contributed by atoms with Crippen molar-refractivity contribution >= 4 is 5.91 Å². The van der Waals surface area contributed by atoms with Crippen LogP contribution in [-0.4, -0.2) is 54.3 Å². The molecule has 0 bridgehead atoms. The number of hydrogen-bond donors (Lipinski definition) is 2. The summed E-state index contributed by atoms with van der Waals surface area (Å²) in [6.45, 7) is 3.96. The van der Waals surface area contributed by atoms with E-state index in [2.05, 4.69) is 10.2 Å². The molecule has 144 valence electrons. The molecule has 0 spiro atoms. The molecule has 5 nitrogen and oxygen atoms in total. The van der Waals surface area contributed by atoms with E-state index < -0.39 is 6.10 Å². The largest absolute Gasteiger partial charge is 0.487 e. The van der Waals surface area contributed by atoms with Gasteiger partial charge in [0.25, 0.3) is 0 Å². The van der Waals surface area contributed by atoms with Crippen LogP contribution in [0.3, 0.4) is 0 Å². The zero-order valence-electron chi connectivity index (χ0n) is 16.0. The number of para-hydroxylation sites is 1. The van der Waals surface area contributed by atoms with Gasteiger partial charge in [-0.05, 0) is 69.7 Å². The molecule has 1 aromatic carbocycles. The number of aryl methyl sites for hydroxylation is 1. The van der Waals surface area contributed by atoms with Gasteiger partial charge in [-0.2, -0.15) is 0 Å². The highest BCUT2D eigenvalue weighted by Gasteiger charge is 2.38. The summed E-state index contributed by atoms with van der Waals surface area (Å²) in [7, 11) is 1.70. The molecule has 3 atom stereocenters. The fourth-order valence-electron chi connectivity index (χ4n) is 4.35. The van der Waals surface area contributed by atoms with E-state index in [-0.39, 0.29) is 18.1 Å². The Balaban J connectivity index is 1.56. The number of rotatable bonds is 5. The molecule has 0 aromatic heterocycles. The molecule has 2 aliphatic rings. The van der Waals surface area contributed by atoms with Crippen molar-refractivity contribution in [3.05, 3.63) is 29.8 Å². The van der Waals surface area contributed by atoms with Crippen LogP contribution in [-0.2, 0) is 4.79 Å². The molecule has 0 unspecified atom stereocenters. The quantitative estimate of drug-likeness (QED) is 0.847. The summed E-state index contributed by atoms with van der Waals surface area (Å²) in [5.74, 6) is 1.47. The lowest BCUT2D eigenvalue weighted by molar-refractivity contribution is -0.122. The number of aliphatic hydroxyl groups is 1. The smallest absolute Gasteiger partial charge is 0.220 e. The van der Waals surface area contributed by atoms with Gasteiger partial charge >= 0.3 is 0 Å². The zero-order chi connectivity index (χ0) is 18.5. The standard InChI is InChI=1S/C21H32N2O3/c1-15-6-3-4-8-18(15)26-19-9-5-7-17(21(19)25)23-12-10-16(11-13-23)14-20(24)22-2/h3-4,6,8,16-17,19,21,25H,5,7,9-14H2,1-2H3,(H,22,24)/t17-,19+,21+/m0/s1. The van der Waals surface area contributed by atoms with Crippen molar-refractivity contribution in [2.24, 2.45) is 5.92 Å². The zero-order valence-corrected chi connectivity index (χ0v) is 16.0. The van der Waals surface area contributed by atoms with Crippen molar-refractivity contribution in [2.45, 2.75) is 63.7 Å². The molecule has 3 rings (SSSR count). The number of aliphatic hydroxyl groups excluding tert-OH is 1. The summed E-state index contributed by atoms with van der Waals surface area (Å²) in [5, 5.41) is 13.7. The van der Waals surface area contributed by atoms with E-state index in [4.69, 9.17) is 4.74 Å². The SMILES string of the molecule is CNC(=O)CC1CCN([C@H]2CCC[C@@H](Oc3ccccc3C)[C@@H]2O)CC1. The third-order valence-corrected chi connectivity index (χ3v) is 6.01. The van der Waals surface area contributed by atoms with E-state index >= 15 is 0 Å². The lowest BCUT2D eigenvalue weighted by Gasteiger charge is -2.44. The minimum absolute atomic E-state index is 0.132. The molecule has 1 saturated carbocycles. The number of hydrogen-bond acceptors (Lipinski definition) is 4. The molecular weight excluding hydrogens is 328 g/mol. The molecule has 2 N–H and O–H groups in total. The number of amides is 1. The van der Waals surface area contributed by atoms with Crippen LogP contribution in [0.5, 0.6) is 5.75 Å². The van der Waals surface area contributed by atoms with Gasteiger partial charge < -0.3 is 15.2 Å². The van der Waals surface area contributed by atoms with Gasteiger partial charge in [0.1, 0.15) is 18.0 Å². The average molecular weight is 360 g/mol. The van der Waals surface area contributed by atoms with E-state index in [1.54, 1.807) is 7.05 Å². The Hall–Kier alpha value is -1.59. The minimum Gasteiger partial charge on any atom is -0.487 e. The minimum atomic E-state index is -0.459. The molecular formula is C21H32N2O3. The first-order valence-electron chi connectivity index (χ1n) is 9.93. The van der Waals surface area contributed by atoms with Gasteiger partial charge in [-0.15, -0.1) is 0 Å². The van der Waals surface area contributed by atoms with E-state index in [0.717, 1.165) is 56.5 Å². The van der Waals surface area contributed by atoms with Crippen LogP contribution in [0.15, 0.2) is 24.3 Å². The highest BCUT2D eigenvalue weighted by molar-refractivity contribution is 5.75. The maximum absolute atomic E-state index is 11.6. The molecule has 1 saturated heterocycles. The van der Waals surface area contributed by atoms with Crippen molar-refractivity contribution in [2.75, 3.05) is 20.1 Å². The molecule has 1 aliphatic heterocycles. The van der Waals surface area contributed by atoms with Gasteiger partial charge in [0.05, 0.1) is 0 Å². The second-order valence-electron chi connectivity index (χ2n) is 7.77. The maximum Gasteiger partial charge on any atom is 0.220 e. The summed E-state index contributed by atoms with van der Waals surface area (Å²) < 4.78 is 6.18. The number of likely N-dealkylation sites (tertiary alicyclic amines) is 1. The third kappa shape index (κ3) is 4.57. The summed E-state index contributed by atoms with van der Waals surface area (Å²) in [4.78, 5) is 14.0. The van der Waals surface area contributed by atoms with Gasteiger partial charge in [-0.25, -0.2) is 0 Å². The number of nitrogens with one attached hydrogen (secondary N) is 1. The topological polar surface area (TPSA) is 61.8 Å². The van der Waals surface area contributed by atoms with Gasteiger partial charge in [-0.1, -0.05) is 18.2 Å². The Bertz CT molecular complexity index is 599. The Labute approximate surface area is 156 Å². The second kappa shape index (κ2) is 8.87. The number of nitrogens with zero attached hydrogens (tertiary/aromatic N) is 1. The van der Waals surface area contributed by atoms with Crippen molar-refractivity contribution in [3.8, 4) is 5.75 Å². The van der Waals surface area contributed by atoms with E-state index in [9.17, 15) is 9.90 Å². The summed E-state index contributed by atoms with van der Waals surface area (Å²) >= 11 is 0. The molecule has 1 aliphatic carbocycles. The van der Waals surface area contributed by atoms with E-state index in [1.165, 1.54) is 0 Å². The van der Waals surface area contributed by atoms with Crippen LogP contribution in [0, 0.1) is 12.8 Å². The van der Waals surface area contributed by atoms with Crippen LogP contribution < -0.4 is 10.1 Å². The van der Waals surface area contributed by atoms with Crippen LogP contribution in [0.25, 0.3) is 0 Å². The lowest BCUT2D eigenvalue weighted by atomic mass is 9.85. The predicted molar refractivity (Wildman–Crippen MR) is 102 cm³/mol. The highest BCUT2D eigenvalue weighted by Crippen LogP contribution is 2.31. The van der Waals surface area contributed by atoms with Crippen molar-refractivity contribution in [1.29, 1.82) is 0 Å². The van der Waals surface area contributed by atoms with Crippen LogP contribution >= 0.6 is 0 Å². The van der Waals surface area contributed by atoms with Crippen molar-refractivity contribution in [1.82, 2.24) is 10.2 Å². The molecule has 26 heavy (non-hydrogen) atoms. The number of piperidine rings is 1. The number of carbonyl (C=O) groups excluding carboxylic acids is 1. The summed E-state index contributed by atoms with van der Waals surface area (Å²) in [6.07, 6.45) is 5.08. The third-order valence-electron chi connectivity index (χ3n) is 6.01. The average Bonchev–Trinajstić information content (AvgIpc) is 2.66. The van der Waals surface area contributed by atoms with Crippen LogP contribution in [0.4, 0.5) is 0 Å². The number of benzene rings is 1. The monoisotopic (exact) mass is 360 g/mol. The maximum atomic E-state index is 11.6. The predicted octanol–water partition coefficient (Wildman–Crippen LogP) is 2.50. The lowest BCUT2D eigenvalue weighted by Crippen LogP contribution is -2.54. The first-order chi connectivity index (χ1) is 12.6. The number of ether oxygens (including phenoxy) is 1. The first-order valence-corrected chi connectivity index (χ1v) is 9.93. The number of carbonyl (C=O) groups is 1. The first kappa shape index (κ1) is 19.2. The molecule has 0 radical (unpaired) electrons. The fourth-order valence-corrected chi connectivity index (χ4v) is 4.35. The van der Waals surface area contributed by atoms with Crippen LogP contribution in [0.1, 0.15) is 44.1 Å². The van der Waals surface area contributed by atoms with Gasteiger partial charge in [-0.3, -0.25) is 9.69 Å². The summed E-state index contributed by atoms with van der Waals surface area (Å²) in [6, 6.07) is 8.17. The van der Waals surface area contributed by atoms with Crippen molar-refractivity contribution in [3.63, 3.8) is 0 Å². The molecule has 1 heterocycles. The Morgan fingerprint density at radius 3 is 2.65 bits per heavy atom. The Morgan fingerprint density at radius 1 is 1.23 bits per heavy atom. The summed E-state index contributed by atoms with van der Waals surface area (Å²) in [5.41, 5.74) is 1.11. The molecule has 1 amide bonds. The Kier molecular flexibility index (Phi) is 6.54. The van der Waals surface area contributed by atoms with E-state index in [0.29, 0.717) is 12.3 Å². The van der Waals surface area contributed by atoms with Gasteiger partial charge in [0, 0.05) is 19.5 Å². The van der Waals surface area contributed by atoms with Crippen molar-refractivity contribution < 1.29 is 14.6 Å². The second-order valence-corrected chi connectivity index (χ2v) is 7.77.